The molecule has 3 N–H and O–H groups in total. The summed E-state index contributed by atoms with van der Waals surface area (Å²) in [5, 5.41) is 7.41. The van der Waals surface area contributed by atoms with Crippen molar-refractivity contribution in [1.29, 1.82) is 0 Å². The maximum Gasteiger partial charge on any atom is 0.263 e. The van der Waals surface area contributed by atoms with Gasteiger partial charge in [-0.3, -0.25) is 4.72 Å². The summed E-state index contributed by atoms with van der Waals surface area (Å²) in [4.78, 5) is 0.152. The van der Waals surface area contributed by atoms with Crippen molar-refractivity contribution in [2.75, 3.05) is 10.5 Å². The Hall–Kier alpha value is -1.67. The quantitative estimate of drug-likeness (QED) is 0.817. The molecule has 0 unspecified atom stereocenters. The molecule has 17 heavy (non-hydrogen) atoms. The van der Waals surface area contributed by atoms with Gasteiger partial charge in [-0.2, -0.15) is 0 Å². The zero-order valence-electron chi connectivity index (χ0n) is 8.91. The number of hydrogen-bond donors (Lipinski definition) is 2. The van der Waals surface area contributed by atoms with E-state index >= 15 is 0 Å². The number of nitrogens with zero attached hydrogens (tertiary/aromatic N) is 2. The number of hydrogen-bond acceptors (Lipinski definition) is 6. The Kier molecular flexibility index (Phi) is 2.99. The largest absolute Gasteiger partial charge is 0.399 e. The van der Waals surface area contributed by atoms with Crippen LogP contribution < -0.4 is 10.5 Å². The second-order valence-corrected chi connectivity index (χ2v) is 5.88. The van der Waals surface area contributed by atoms with Crippen molar-refractivity contribution in [2.45, 2.75) is 11.8 Å². The van der Waals surface area contributed by atoms with Crippen LogP contribution in [0.25, 0.3) is 0 Å². The Labute approximate surface area is 103 Å². The summed E-state index contributed by atoms with van der Waals surface area (Å²) in [6.07, 6.45) is 0. The van der Waals surface area contributed by atoms with Gasteiger partial charge in [-0.1, -0.05) is 11.3 Å². The fourth-order valence-corrected chi connectivity index (χ4v) is 2.98. The van der Waals surface area contributed by atoms with Crippen LogP contribution >= 0.6 is 11.3 Å². The normalized spacial score (nSPS) is 11.4. The second kappa shape index (κ2) is 4.30. The van der Waals surface area contributed by atoms with Gasteiger partial charge in [-0.25, -0.2) is 8.42 Å². The molecule has 90 valence electrons. The van der Waals surface area contributed by atoms with Gasteiger partial charge < -0.3 is 5.73 Å². The van der Waals surface area contributed by atoms with Gasteiger partial charge in [0, 0.05) is 5.69 Å². The number of nitrogen functional groups attached to an aromatic ring is 1. The molecule has 6 nitrogen and oxygen atoms in total. The molecule has 8 heteroatoms. The monoisotopic (exact) mass is 270 g/mol. The first-order valence-corrected chi connectivity index (χ1v) is 7.00. The van der Waals surface area contributed by atoms with Gasteiger partial charge >= 0.3 is 0 Å². The summed E-state index contributed by atoms with van der Waals surface area (Å²) in [6.45, 7) is 1.75. The first-order chi connectivity index (χ1) is 7.99. The predicted molar refractivity (Wildman–Crippen MR) is 66.3 cm³/mol. The van der Waals surface area contributed by atoms with Crippen LogP contribution in [0.4, 0.5) is 10.8 Å². The minimum Gasteiger partial charge on any atom is -0.399 e. The molecule has 0 atom stereocenters. The molecule has 0 fully saturated rings. The third-order valence-corrected chi connectivity index (χ3v) is 4.21. The molecule has 0 radical (unpaired) electrons. The lowest BCUT2D eigenvalue weighted by molar-refractivity contribution is 0.601. The lowest BCUT2D eigenvalue weighted by Gasteiger charge is -2.06. The van der Waals surface area contributed by atoms with Gasteiger partial charge in [0.15, 0.2) is 0 Å². The number of aryl methyl sites for hydroxylation is 1. The number of benzene rings is 1. The fraction of sp³-hybridized carbons (Fsp3) is 0.111. The summed E-state index contributed by atoms with van der Waals surface area (Å²) in [5.74, 6) is 0. The first-order valence-electron chi connectivity index (χ1n) is 4.64. The van der Waals surface area contributed by atoms with E-state index in [4.69, 9.17) is 5.73 Å². The van der Waals surface area contributed by atoms with Crippen LogP contribution in [-0.4, -0.2) is 18.6 Å². The van der Waals surface area contributed by atoms with Crippen LogP contribution in [0.2, 0.25) is 0 Å². The number of rotatable bonds is 3. The number of anilines is 2. The maximum absolute atomic E-state index is 12.0. The smallest absolute Gasteiger partial charge is 0.263 e. The van der Waals surface area contributed by atoms with E-state index in [2.05, 4.69) is 14.9 Å². The average molecular weight is 270 g/mol. The molecule has 2 aromatic rings. The fourth-order valence-electron chi connectivity index (χ4n) is 1.21. The Morgan fingerprint density at radius 2 is 2.18 bits per heavy atom. The number of aromatic nitrogens is 2. The number of sulfonamides is 1. The Bertz CT molecular complexity index is 622. The van der Waals surface area contributed by atoms with E-state index in [1.165, 1.54) is 17.6 Å². The van der Waals surface area contributed by atoms with Crippen LogP contribution in [0, 0.1) is 6.92 Å². The van der Waals surface area contributed by atoms with Crippen LogP contribution in [-0.2, 0) is 10.0 Å². The molecule has 0 bridgehead atoms. The minimum atomic E-state index is -3.62. The molecule has 1 aromatic carbocycles. The van der Waals surface area contributed by atoms with E-state index in [1.54, 1.807) is 13.0 Å². The predicted octanol–water partition coefficient (Wildman–Crippen LogP) is 1.23. The molecule has 2 rings (SSSR count). The highest BCUT2D eigenvalue weighted by molar-refractivity contribution is 7.93. The SMILES string of the molecule is Cc1cc(S(=O)(=O)Nc2nncs2)ccc1N. The zero-order valence-corrected chi connectivity index (χ0v) is 10.5. The molecule has 0 aliphatic heterocycles. The minimum absolute atomic E-state index is 0.152. The zero-order chi connectivity index (χ0) is 12.5. The van der Waals surface area contributed by atoms with Crippen molar-refractivity contribution >= 4 is 32.2 Å². The van der Waals surface area contributed by atoms with Crippen molar-refractivity contribution in [1.82, 2.24) is 10.2 Å². The maximum atomic E-state index is 12.0. The molecule has 1 heterocycles. The molecular formula is C9H10N4O2S2. The van der Waals surface area contributed by atoms with Gasteiger partial charge in [-0.05, 0) is 30.7 Å². The van der Waals surface area contributed by atoms with E-state index in [0.717, 1.165) is 11.3 Å². The van der Waals surface area contributed by atoms with Gasteiger partial charge in [0.1, 0.15) is 5.51 Å². The van der Waals surface area contributed by atoms with Crippen molar-refractivity contribution < 1.29 is 8.42 Å². The third kappa shape index (κ3) is 2.53. The number of nitrogens with one attached hydrogen (secondary N) is 1. The molecule has 0 amide bonds. The highest BCUT2D eigenvalue weighted by Crippen LogP contribution is 2.20. The molecule has 0 aliphatic carbocycles. The van der Waals surface area contributed by atoms with E-state index in [-0.39, 0.29) is 10.0 Å². The molecule has 0 saturated heterocycles. The van der Waals surface area contributed by atoms with Crippen molar-refractivity contribution in [2.24, 2.45) is 0 Å². The van der Waals surface area contributed by atoms with Gasteiger partial charge in [0.25, 0.3) is 10.0 Å². The van der Waals surface area contributed by atoms with Crippen LogP contribution in [0.15, 0.2) is 28.6 Å². The molecule has 1 aromatic heterocycles. The Morgan fingerprint density at radius 1 is 1.41 bits per heavy atom. The van der Waals surface area contributed by atoms with Crippen molar-refractivity contribution in [3.8, 4) is 0 Å². The van der Waals surface area contributed by atoms with Gasteiger partial charge in [0.2, 0.25) is 5.13 Å². The summed E-state index contributed by atoms with van der Waals surface area (Å²) in [7, 11) is -3.62. The lowest BCUT2D eigenvalue weighted by Crippen LogP contribution is -2.13. The third-order valence-electron chi connectivity index (χ3n) is 2.13. The van der Waals surface area contributed by atoms with Gasteiger partial charge in [0.05, 0.1) is 4.90 Å². The molecule has 0 spiro atoms. The van der Waals surface area contributed by atoms with Crippen molar-refractivity contribution in [3.63, 3.8) is 0 Å². The Morgan fingerprint density at radius 3 is 2.76 bits per heavy atom. The molecule has 0 saturated carbocycles. The van der Waals surface area contributed by atoms with Crippen molar-refractivity contribution in [3.05, 3.63) is 29.3 Å². The van der Waals surface area contributed by atoms with E-state index in [9.17, 15) is 8.42 Å². The van der Waals surface area contributed by atoms with Crippen LogP contribution in [0.5, 0.6) is 0 Å². The topological polar surface area (TPSA) is 98.0 Å². The number of nitrogens with two attached hydrogens (primary N) is 1. The van der Waals surface area contributed by atoms with E-state index in [1.807, 2.05) is 0 Å². The standard InChI is InChI=1S/C9H10N4O2S2/c1-6-4-7(2-3-8(6)10)17(14,15)13-9-12-11-5-16-9/h2-5H,10H2,1H3,(H,12,13). The molecule has 0 aliphatic rings. The average Bonchev–Trinajstić information content (AvgIpc) is 2.73. The Balaban J connectivity index is 2.35. The van der Waals surface area contributed by atoms with Gasteiger partial charge in [-0.15, -0.1) is 10.2 Å². The summed E-state index contributed by atoms with van der Waals surface area (Å²) in [5.41, 5.74) is 8.35. The molecular weight excluding hydrogens is 260 g/mol. The summed E-state index contributed by atoms with van der Waals surface area (Å²) >= 11 is 1.11. The van der Waals surface area contributed by atoms with E-state index < -0.39 is 10.0 Å². The highest BCUT2D eigenvalue weighted by atomic mass is 32.2. The van der Waals surface area contributed by atoms with E-state index in [0.29, 0.717) is 11.3 Å². The lowest BCUT2D eigenvalue weighted by atomic mass is 10.2. The second-order valence-electron chi connectivity index (χ2n) is 3.37. The van der Waals surface area contributed by atoms with Crippen LogP contribution in [0.1, 0.15) is 5.56 Å². The van der Waals surface area contributed by atoms with Crippen LogP contribution in [0.3, 0.4) is 0 Å². The summed E-state index contributed by atoms with van der Waals surface area (Å²) in [6, 6.07) is 4.52. The summed E-state index contributed by atoms with van der Waals surface area (Å²) < 4.78 is 26.2. The highest BCUT2D eigenvalue weighted by Gasteiger charge is 2.16. The first kappa shape index (κ1) is 11.8.